The van der Waals surface area contributed by atoms with Gasteiger partial charge < -0.3 is 14.7 Å². The van der Waals surface area contributed by atoms with Gasteiger partial charge >= 0.3 is 11.9 Å². The lowest BCUT2D eigenvalue weighted by atomic mass is 9.60. The van der Waals surface area contributed by atoms with Crippen LogP contribution >= 0.6 is 21.6 Å². The molecule has 3 aliphatic rings. The van der Waals surface area contributed by atoms with Gasteiger partial charge in [-0.3, -0.25) is 19.4 Å². The van der Waals surface area contributed by atoms with Crippen LogP contribution in [0.3, 0.4) is 0 Å². The molecule has 2 aromatic rings. The maximum absolute atomic E-state index is 12.8. The van der Waals surface area contributed by atoms with E-state index >= 15 is 0 Å². The van der Waals surface area contributed by atoms with Crippen LogP contribution in [0.1, 0.15) is 96.1 Å². The summed E-state index contributed by atoms with van der Waals surface area (Å²) in [4.78, 5) is 42.7. The molecule has 7 nitrogen and oxygen atoms in total. The molecule has 1 aromatic carbocycles. The molecule has 0 bridgehead atoms. The van der Waals surface area contributed by atoms with Crippen molar-refractivity contribution in [2.75, 3.05) is 24.6 Å². The topological polar surface area (TPSA) is 96.8 Å². The Hall–Kier alpha value is -3.04. The highest BCUT2D eigenvalue weighted by molar-refractivity contribution is 8.76. The SMILES string of the molecule is CC1(C)CC[C@H](OC(=O)CCSSCCC(=O)N(CCc2ccccc2)CC(=O)O)C/C1=C/C[C@@H]1CCC[C@]2(C)C(c3cccnc3)=CC[C@@H]12. The van der Waals surface area contributed by atoms with Gasteiger partial charge in [0.05, 0.1) is 6.42 Å². The number of hydrogen-bond donors (Lipinski definition) is 1. The monoisotopic (exact) mass is 718 g/mol. The third-order valence-electron chi connectivity index (χ3n) is 11.3. The van der Waals surface area contributed by atoms with Crippen molar-refractivity contribution < 1.29 is 24.2 Å². The summed E-state index contributed by atoms with van der Waals surface area (Å²) in [5, 5.41) is 9.29. The minimum absolute atomic E-state index is 0.0740. The molecular weight excluding hydrogens is 665 g/mol. The number of ether oxygens (including phenoxy) is 1. The molecule has 1 heterocycles. The summed E-state index contributed by atoms with van der Waals surface area (Å²) in [7, 11) is 3.10. The first kappa shape index (κ1) is 38.2. The molecule has 0 saturated heterocycles. The van der Waals surface area contributed by atoms with Crippen molar-refractivity contribution in [1.29, 1.82) is 0 Å². The molecular formula is C41H54N2O5S2. The van der Waals surface area contributed by atoms with Gasteiger partial charge in [-0.05, 0) is 90.4 Å². The summed E-state index contributed by atoms with van der Waals surface area (Å²) in [6, 6.07) is 14.0. The fourth-order valence-electron chi connectivity index (χ4n) is 8.35. The average Bonchev–Trinajstić information content (AvgIpc) is 3.46. The summed E-state index contributed by atoms with van der Waals surface area (Å²) in [5.74, 6) is 1.16. The Bertz CT molecular complexity index is 1510. The Balaban J connectivity index is 1.03. The van der Waals surface area contributed by atoms with Crippen molar-refractivity contribution in [3.8, 4) is 0 Å². The Morgan fingerprint density at radius 2 is 1.80 bits per heavy atom. The standard InChI is InChI=1S/C41H54N2O5S2/c1-40(2)22-17-34(27-33(40)14-13-31-11-7-21-41(3)35(31)15-16-36(41)32-12-8-23-42-28-32)48-39(47)20-26-50-49-25-19-37(44)43(29-38(45)46)24-18-30-9-5-4-6-10-30/h4-6,8-10,12,14,16,23,28,31,34-35H,7,11,13,15,17-22,24-27,29H2,1-3H3,(H,45,46)/b33-14-/t31-,34-,35-,41-/m0/s1. The molecule has 2 saturated carbocycles. The van der Waals surface area contributed by atoms with Crippen molar-refractivity contribution in [2.24, 2.45) is 22.7 Å². The fourth-order valence-corrected chi connectivity index (χ4v) is 10.3. The zero-order valence-corrected chi connectivity index (χ0v) is 31.6. The lowest BCUT2D eigenvalue weighted by Gasteiger charge is -2.44. The van der Waals surface area contributed by atoms with Gasteiger partial charge in [0.2, 0.25) is 5.91 Å². The van der Waals surface area contributed by atoms with Gasteiger partial charge in [0.1, 0.15) is 12.6 Å². The molecule has 2 fully saturated rings. The smallest absolute Gasteiger partial charge is 0.323 e. The number of carboxylic acid groups (broad SMARTS) is 1. The van der Waals surface area contributed by atoms with E-state index in [2.05, 4.69) is 44.0 Å². The summed E-state index contributed by atoms with van der Waals surface area (Å²) in [5.41, 5.74) is 5.58. The second-order valence-electron chi connectivity index (χ2n) is 15.1. The Morgan fingerprint density at radius 3 is 2.54 bits per heavy atom. The molecule has 5 rings (SSSR count). The number of aliphatic carboxylic acids is 1. The zero-order valence-electron chi connectivity index (χ0n) is 30.0. The van der Waals surface area contributed by atoms with Crippen LogP contribution in [0, 0.1) is 22.7 Å². The molecule has 1 amide bonds. The Kier molecular flexibility index (Phi) is 13.7. The van der Waals surface area contributed by atoms with Gasteiger partial charge in [-0.1, -0.05) is 103 Å². The molecule has 270 valence electrons. The Morgan fingerprint density at radius 1 is 1.02 bits per heavy atom. The van der Waals surface area contributed by atoms with Gasteiger partial charge in [0.15, 0.2) is 0 Å². The van der Waals surface area contributed by atoms with Crippen LogP contribution in [0.4, 0.5) is 0 Å². The molecule has 9 heteroatoms. The summed E-state index contributed by atoms with van der Waals surface area (Å²) >= 11 is 0. The minimum atomic E-state index is -1.01. The lowest BCUT2D eigenvalue weighted by Crippen LogP contribution is -2.37. The van der Waals surface area contributed by atoms with E-state index in [0.717, 1.165) is 37.7 Å². The molecule has 1 aromatic heterocycles. The van der Waals surface area contributed by atoms with E-state index in [-0.39, 0.29) is 41.8 Å². The predicted molar refractivity (Wildman–Crippen MR) is 204 cm³/mol. The quantitative estimate of drug-likeness (QED) is 0.0795. The number of amides is 1. The van der Waals surface area contributed by atoms with Crippen LogP contribution in [0.5, 0.6) is 0 Å². The average molecular weight is 719 g/mol. The zero-order chi connectivity index (χ0) is 35.6. The third-order valence-corrected chi connectivity index (χ3v) is 13.7. The number of nitrogens with zero attached hydrogens (tertiary/aromatic N) is 2. The summed E-state index contributed by atoms with van der Waals surface area (Å²) in [6.45, 7) is 7.23. The number of benzene rings is 1. The first-order valence-corrected chi connectivity index (χ1v) is 20.8. The second kappa shape index (κ2) is 17.9. The van der Waals surface area contributed by atoms with Gasteiger partial charge in [-0.25, -0.2) is 0 Å². The summed E-state index contributed by atoms with van der Waals surface area (Å²) in [6.07, 6.45) is 18.7. The van der Waals surface area contributed by atoms with Crippen molar-refractivity contribution >= 4 is 45.0 Å². The van der Waals surface area contributed by atoms with Crippen molar-refractivity contribution in [2.45, 2.75) is 97.5 Å². The normalized spacial score (nSPS) is 25.1. The number of hydrogen-bond acceptors (Lipinski definition) is 7. The van der Waals surface area contributed by atoms with Crippen LogP contribution in [0.15, 0.2) is 72.6 Å². The highest BCUT2D eigenvalue weighted by Gasteiger charge is 2.47. The number of aromatic nitrogens is 1. The van der Waals surface area contributed by atoms with E-state index in [4.69, 9.17) is 4.74 Å². The molecule has 3 aliphatic carbocycles. The second-order valence-corrected chi connectivity index (χ2v) is 17.8. The Labute approximate surface area is 306 Å². The van der Waals surface area contributed by atoms with Gasteiger partial charge in [-0.15, -0.1) is 0 Å². The van der Waals surface area contributed by atoms with Gasteiger partial charge in [0, 0.05) is 43.3 Å². The number of carbonyl (C=O) groups is 3. The number of carboxylic acids is 1. The summed E-state index contributed by atoms with van der Waals surface area (Å²) < 4.78 is 6.00. The van der Waals surface area contributed by atoms with Crippen LogP contribution in [-0.4, -0.2) is 63.5 Å². The van der Waals surface area contributed by atoms with E-state index in [9.17, 15) is 19.5 Å². The van der Waals surface area contributed by atoms with Crippen molar-refractivity contribution in [3.63, 3.8) is 0 Å². The van der Waals surface area contributed by atoms with Crippen LogP contribution < -0.4 is 0 Å². The third kappa shape index (κ3) is 10.3. The minimum Gasteiger partial charge on any atom is -0.480 e. The van der Waals surface area contributed by atoms with Crippen LogP contribution in [0.25, 0.3) is 5.57 Å². The fraction of sp³-hybridized carbons (Fsp3) is 0.561. The first-order chi connectivity index (χ1) is 24.0. The van der Waals surface area contributed by atoms with Crippen molar-refractivity contribution in [1.82, 2.24) is 9.88 Å². The van der Waals surface area contributed by atoms with Gasteiger partial charge in [-0.2, -0.15) is 0 Å². The largest absolute Gasteiger partial charge is 0.480 e. The number of fused-ring (bicyclic) bond motifs is 1. The molecule has 4 atom stereocenters. The number of rotatable bonds is 16. The number of esters is 1. The van der Waals surface area contributed by atoms with Gasteiger partial charge in [0.25, 0.3) is 0 Å². The van der Waals surface area contributed by atoms with E-state index in [1.165, 1.54) is 40.9 Å². The number of pyridine rings is 1. The molecule has 0 radical (unpaired) electrons. The molecule has 0 aliphatic heterocycles. The highest BCUT2D eigenvalue weighted by Crippen LogP contribution is 2.58. The molecule has 0 spiro atoms. The van der Waals surface area contributed by atoms with E-state index in [1.54, 1.807) is 21.6 Å². The lowest BCUT2D eigenvalue weighted by molar-refractivity contribution is -0.150. The number of allylic oxidation sites excluding steroid dienone is 3. The van der Waals surface area contributed by atoms with Crippen LogP contribution in [-0.2, 0) is 25.5 Å². The molecule has 50 heavy (non-hydrogen) atoms. The molecule has 1 N–H and O–H groups in total. The maximum atomic E-state index is 12.8. The van der Waals surface area contributed by atoms with E-state index in [1.807, 2.05) is 48.8 Å². The molecule has 0 unspecified atom stereocenters. The number of carbonyl (C=O) groups excluding carboxylic acids is 2. The van der Waals surface area contributed by atoms with Crippen LogP contribution in [0.2, 0.25) is 0 Å². The highest BCUT2D eigenvalue weighted by atomic mass is 33.1. The maximum Gasteiger partial charge on any atom is 0.323 e. The van der Waals surface area contributed by atoms with E-state index < -0.39 is 5.97 Å². The van der Waals surface area contributed by atoms with E-state index in [0.29, 0.717) is 42.7 Å². The first-order valence-electron chi connectivity index (χ1n) is 18.3. The van der Waals surface area contributed by atoms with Crippen molar-refractivity contribution in [3.05, 3.63) is 83.7 Å². The predicted octanol–water partition coefficient (Wildman–Crippen LogP) is 9.05.